The van der Waals surface area contributed by atoms with Crippen molar-refractivity contribution in [3.05, 3.63) is 70.4 Å². The molecule has 1 amide bonds. The molecule has 3 rings (SSSR count). The fourth-order valence-electron chi connectivity index (χ4n) is 4.08. The normalized spacial score (nSPS) is 16.0. The lowest BCUT2D eigenvalue weighted by Crippen LogP contribution is -2.51. The Morgan fingerprint density at radius 2 is 1.89 bits per heavy atom. The first-order valence-corrected chi connectivity index (χ1v) is 12.3. The van der Waals surface area contributed by atoms with Crippen LogP contribution in [0.25, 0.3) is 6.08 Å². The predicted octanol–water partition coefficient (Wildman–Crippen LogP) is 4.89. The molecule has 8 nitrogen and oxygen atoms in total. The Bertz CT molecular complexity index is 1270. The summed E-state index contributed by atoms with van der Waals surface area (Å²) in [4.78, 5) is 28.4. The number of nitrogens with zero attached hydrogens (tertiary/aromatic N) is 1. The summed E-state index contributed by atoms with van der Waals surface area (Å²) in [7, 11) is 1.46. The minimum Gasteiger partial charge on any atom is -0.504 e. The number of rotatable bonds is 8. The number of hydrogen-bond acceptors (Lipinski definition) is 7. The van der Waals surface area contributed by atoms with Gasteiger partial charge in [-0.05, 0) is 76.7 Å². The molecule has 1 aliphatic rings. The van der Waals surface area contributed by atoms with Gasteiger partial charge < -0.3 is 24.6 Å². The van der Waals surface area contributed by atoms with Gasteiger partial charge in [-0.3, -0.25) is 9.69 Å². The van der Waals surface area contributed by atoms with E-state index in [0.717, 1.165) is 0 Å². The van der Waals surface area contributed by atoms with Crippen molar-refractivity contribution in [1.82, 2.24) is 10.2 Å². The summed E-state index contributed by atoms with van der Waals surface area (Å²) in [5.41, 5.74) is 2.30. The van der Waals surface area contributed by atoms with Crippen LogP contribution in [0.4, 0.5) is 0 Å². The molecule has 1 unspecified atom stereocenters. The number of nitrogens with one attached hydrogen (secondary N) is 1. The maximum Gasteiger partial charge on any atom is 0.338 e. The summed E-state index contributed by atoms with van der Waals surface area (Å²) >= 11 is 5.61. The van der Waals surface area contributed by atoms with Crippen LogP contribution in [0.5, 0.6) is 17.2 Å². The number of ether oxygens (including phenoxy) is 3. The van der Waals surface area contributed by atoms with E-state index >= 15 is 0 Å². The molecule has 1 aliphatic heterocycles. The number of carbonyl (C=O) groups excluding carboxylic acids is 2. The smallest absolute Gasteiger partial charge is 0.338 e. The van der Waals surface area contributed by atoms with Crippen LogP contribution in [-0.2, 0) is 14.3 Å². The zero-order valence-corrected chi connectivity index (χ0v) is 22.6. The molecule has 0 saturated heterocycles. The monoisotopic (exact) mass is 524 g/mol. The van der Waals surface area contributed by atoms with E-state index in [0.29, 0.717) is 33.9 Å². The molecule has 9 heteroatoms. The molecule has 37 heavy (non-hydrogen) atoms. The third-order valence-corrected chi connectivity index (χ3v) is 5.96. The number of amides is 1. The molecule has 0 aliphatic carbocycles. The van der Waals surface area contributed by atoms with Crippen molar-refractivity contribution >= 4 is 35.3 Å². The lowest BCUT2D eigenvalue weighted by Gasteiger charge is -2.39. The summed E-state index contributed by atoms with van der Waals surface area (Å²) in [5, 5.41) is 13.3. The topological polar surface area (TPSA) is 97.3 Å². The number of phenols is 1. The van der Waals surface area contributed by atoms with E-state index in [9.17, 15) is 14.7 Å². The second-order valence-corrected chi connectivity index (χ2v) is 9.12. The van der Waals surface area contributed by atoms with Gasteiger partial charge in [-0.1, -0.05) is 24.3 Å². The van der Waals surface area contributed by atoms with E-state index in [2.05, 4.69) is 5.32 Å². The average molecular weight is 525 g/mol. The number of benzene rings is 2. The molecular weight excluding hydrogens is 492 g/mol. The summed E-state index contributed by atoms with van der Waals surface area (Å²) in [6.07, 6.45) is 1.49. The van der Waals surface area contributed by atoms with Crippen molar-refractivity contribution in [2.45, 2.75) is 46.8 Å². The molecule has 1 atom stereocenters. The highest BCUT2D eigenvalue weighted by atomic mass is 32.1. The maximum atomic E-state index is 13.9. The van der Waals surface area contributed by atoms with Gasteiger partial charge in [-0.25, -0.2) is 4.79 Å². The number of para-hydroxylation sites is 1. The molecule has 2 aromatic rings. The van der Waals surface area contributed by atoms with Crippen LogP contribution in [0.15, 0.2) is 59.3 Å². The number of aromatic hydroxyl groups is 1. The fourth-order valence-corrected chi connectivity index (χ4v) is 4.42. The van der Waals surface area contributed by atoms with Crippen molar-refractivity contribution in [1.29, 1.82) is 0 Å². The molecule has 1 heterocycles. The summed E-state index contributed by atoms with van der Waals surface area (Å²) in [6, 6.07) is 11.2. The van der Waals surface area contributed by atoms with E-state index in [-0.39, 0.29) is 29.1 Å². The van der Waals surface area contributed by atoms with Crippen LogP contribution in [0.2, 0.25) is 0 Å². The van der Waals surface area contributed by atoms with Gasteiger partial charge in [0.05, 0.1) is 25.4 Å². The summed E-state index contributed by atoms with van der Waals surface area (Å²) in [6.45, 7) is 9.07. The van der Waals surface area contributed by atoms with Gasteiger partial charge in [0.1, 0.15) is 11.8 Å². The maximum absolute atomic E-state index is 13.9. The van der Waals surface area contributed by atoms with Gasteiger partial charge in [-0.15, -0.1) is 0 Å². The Hall–Kier alpha value is -3.85. The Kier molecular flexibility index (Phi) is 8.94. The molecular formula is C28H32N2O6S. The zero-order chi connectivity index (χ0) is 27.3. The van der Waals surface area contributed by atoms with Crippen LogP contribution in [-0.4, -0.2) is 46.8 Å². The van der Waals surface area contributed by atoms with Crippen LogP contribution in [0.3, 0.4) is 0 Å². The van der Waals surface area contributed by atoms with Crippen LogP contribution >= 0.6 is 12.2 Å². The first-order valence-electron chi connectivity index (χ1n) is 11.9. The van der Waals surface area contributed by atoms with Crippen LogP contribution in [0, 0.1) is 0 Å². The Morgan fingerprint density at radius 3 is 2.51 bits per heavy atom. The van der Waals surface area contributed by atoms with Gasteiger partial charge >= 0.3 is 5.97 Å². The van der Waals surface area contributed by atoms with Crippen molar-refractivity contribution in [3.8, 4) is 17.2 Å². The highest BCUT2D eigenvalue weighted by molar-refractivity contribution is 7.80. The number of methoxy groups -OCH3 is 1. The number of hydrogen-bond donors (Lipinski definition) is 2. The Morgan fingerprint density at radius 1 is 1.19 bits per heavy atom. The first kappa shape index (κ1) is 27.7. The van der Waals surface area contributed by atoms with Crippen molar-refractivity contribution in [2.75, 3.05) is 13.7 Å². The lowest BCUT2D eigenvalue weighted by atomic mass is 9.92. The molecule has 2 aromatic carbocycles. The van der Waals surface area contributed by atoms with Crippen molar-refractivity contribution in [3.63, 3.8) is 0 Å². The number of carbonyl (C=O) groups is 2. The van der Waals surface area contributed by atoms with Crippen LogP contribution < -0.4 is 14.8 Å². The number of allylic oxidation sites excluding steroid dienone is 1. The Labute approximate surface area is 222 Å². The van der Waals surface area contributed by atoms with E-state index in [1.165, 1.54) is 18.1 Å². The van der Waals surface area contributed by atoms with Gasteiger partial charge in [-0.2, -0.15) is 0 Å². The number of thiocarbonyl (C=S) groups is 1. The van der Waals surface area contributed by atoms with Gasteiger partial charge in [0.15, 0.2) is 16.6 Å². The second-order valence-electron chi connectivity index (χ2n) is 8.73. The SMILES string of the molecule is CCOC(=O)C1=C(C)NC(=S)N(C(=O)/C(C)=C/c2ccc(OC)c(O)c2)C1c1ccccc1OC(C)C. The first-order chi connectivity index (χ1) is 17.6. The predicted molar refractivity (Wildman–Crippen MR) is 145 cm³/mol. The molecule has 0 bridgehead atoms. The van der Waals surface area contributed by atoms with Gasteiger partial charge in [0.2, 0.25) is 0 Å². The van der Waals surface area contributed by atoms with E-state index < -0.39 is 17.9 Å². The van der Waals surface area contributed by atoms with Crippen molar-refractivity contribution in [2.24, 2.45) is 0 Å². The van der Waals surface area contributed by atoms with Crippen LogP contribution in [0.1, 0.15) is 51.8 Å². The third kappa shape index (κ3) is 6.11. The van der Waals surface area contributed by atoms with Gasteiger partial charge in [0.25, 0.3) is 5.91 Å². The molecule has 2 N–H and O–H groups in total. The largest absolute Gasteiger partial charge is 0.504 e. The van der Waals surface area contributed by atoms with E-state index in [1.807, 2.05) is 32.0 Å². The zero-order valence-electron chi connectivity index (χ0n) is 21.8. The van der Waals surface area contributed by atoms with E-state index in [4.69, 9.17) is 26.4 Å². The molecule has 0 fully saturated rings. The fraction of sp³-hybridized carbons (Fsp3) is 0.321. The highest BCUT2D eigenvalue weighted by Crippen LogP contribution is 2.40. The minimum atomic E-state index is -0.886. The quantitative estimate of drug-likeness (QED) is 0.286. The molecule has 0 radical (unpaired) electrons. The molecule has 196 valence electrons. The third-order valence-electron chi connectivity index (χ3n) is 5.66. The highest BCUT2D eigenvalue weighted by Gasteiger charge is 2.41. The lowest BCUT2D eigenvalue weighted by molar-refractivity contribution is -0.139. The van der Waals surface area contributed by atoms with E-state index in [1.54, 1.807) is 45.0 Å². The minimum absolute atomic E-state index is 0.0487. The summed E-state index contributed by atoms with van der Waals surface area (Å²) < 4.78 is 16.5. The number of phenolic OH excluding ortho intramolecular Hbond substituents is 1. The molecule has 0 spiro atoms. The van der Waals surface area contributed by atoms with Crippen molar-refractivity contribution < 1.29 is 28.9 Å². The van der Waals surface area contributed by atoms with Gasteiger partial charge in [0, 0.05) is 16.8 Å². The molecule has 0 saturated carbocycles. The summed E-state index contributed by atoms with van der Waals surface area (Å²) in [5.74, 6) is -0.178. The molecule has 0 aromatic heterocycles. The average Bonchev–Trinajstić information content (AvgIpc) is 2.83. The second kappa shape index (κ2) is 11.9. The number of esters is 1. The Balaban J connectivity index is 2.15. The standard InChI is InChI=1S/C28H32N2O6S/c1-7-35-27(33)24-18(5)29-28(37)30(25(24)20-10-8-9-11-22(20)36-16(2)3)26(32)17(4)14-19-12-13-23(34-6)21(31)15-19/h8-16,25,31H,7H2,1-6H3,(H,29,37)/b17-14+.